The largest absolute Gasteiger partial charge is 0.347 e. The van der Waals surface area contributed by atoms with Crippen LogP contribution in [0.1, 0.15) is 25.3 Å². The summed E-state index contributed by atoms with van der Waals surface area (Å²) in [6, 6.07) is 14.1. The molecule has 0 bridgehead atoms. The van der Waals surface area contributed by atoms with E-state index in [1.54, 1.807) is 35.5 Å². The molecule has 1 unspecified atom stereocenters. The molecule has 2 amide bonds. The molecule has 3 heterocycles. The number of carbonyl (C=O) groups excluding carboxylic acids is 1. The maximum absolute atomic E-state index is 14.1. The first-order chi connectivity index (χ1) is 19.7. The summed E-state index contributed by atoms with van der Waals surface area (Å²) in [6.45, 7) is 2.85. The lowest BCUT2D eigenvalue weighted by Gasteiger charge is -2.29. The minimum absolute atomic E-state index is 0.202. The topological polar surface area (TPSA) is 76.5 Å². The lowest BCUT2D eigenvalue weighted by molar-refractivity contribution is 0.162. The van der Waals surface area contributed by atoms with E-state index in [0.717, 1.165) is 34.7 Å². The van der Waals surface area contributed by atoms with E-state index in [0.29, 0.717) is 23.9 Å². The Kier molecular flexibility index (Phi) is 7.17. The predicted molar refractivity (Wildman–Crippen MR) is 167 cm³/mol. The number of hydrogen-bond donors (Lipinski definition) is 0. The smallest absolute Gasteiger partial charge is 0.318 e. The van der Waals surface area contributed by atoms with Gasteiger partial charge in [0, 0.05) is 36.0 Å². The molecule has 1 atom stereocenters. The quantitative estimate of drug-likeness (QED) is 0.371. The Balaban J connectivity index is 1.37. The summed E-state index contributed by atoms with van der Waals surface area (Å²) < 4.78 is 23.8. The van der Waals surface area contributed by atoms with Gasteiger partial charge in [0.05, 0.1) is 26.8 Å². The van der Waals surface area contributed by atoms with Gasteiger partial charge in [0.2, 0.25) is 0 Å². The minimum Gasteiger partial charge on any atom is -0.318 e. The number of halogens is 1. The maximum Gasteiger partial charge on any atom is 0.347 e. The van der Waals surface area contributed by atoms with E-state index < -0.39 is 9.84 Å². The molecule has 0 saturated carbocycles. The van der Waals surface area contributed by atoms with Gasteiger partial charge in [-0.2, -0.15) is 10.1 Å². The van der Waals surface area contributed by atoms with Crippen molar-refractivity contribution in [1.82, 2.24) is 14.8 Å². The number of amides is 2. The first-order valence-corrected chi connectivity index (χ1v) is 17.2. The zero-order chi connectivity index (χ0) is 28.9. The fourth-order valence-corrected chi connectivity index (χ4v) is 8.25. The summed E-state index contributed by atoms with van der Waals surface area (Å²) in [5.74, 6) is 0.620. The van der Waals surface area contributed by atoms with Crippen LogP contribution in [-0.2, 0) is 16.4 Å². The van der Waals surface area contributed by atoms with E-state index >= 15 is 0 Å². The first-order valence-electron chi connectivity index (χ1n) is 13.3. The van der Waals surface area contributed by atoms with E-state index in [4.69, 9.17) is 11.6 Å². The average molecular weight is 608 g/mol. The summed E-state index contributed by atoms with van der Waals surface area (Å²) in [7, 11) is -3.50. The molecule has 0 N–H and O–H groups in total. The fourth-order valence-electron chi connectivity index (χ4n) is 5.38. The number of hydrogen-bond acceptors (Lipinski definition) is 6. The molecule has 0 aromatic heterocycles. The number of fused-ring (bicyclic) bond motifs is 4. The molecule has 0 saturated heterocycles. The van der Waals surface area contributed by atoms with Crippen molar-refractivity contribution in [2.45, 2.75) is 31.2 Å². The lowest BCUT2D eigenvalue weighted by atomic mass is 10.1. The molecule has 1 aliphatic carbocycles. The van der Waals surface area contributed by atoms with Gasteiger partial charge < -0.3 is 9.80 Å². The van der Waals surface area contributed by atoms with Gasteiger partial charge in [-0.05, 0) is 54.5 Å². The van der Waals surface area contributed by atoms with E-state index in [1.807, 2.05) is 47.2 Å². The number of anilines is 1. The van der Waals surface area contributed by atoms with E-state index in [1.165, 1.54) is 21.7 Å². The zero-order valence-electron chi connectivity index (χ0n) is 23.0. The van der Waals surface area contributed by atoms with Crippen LogP contribution in [0.4, 0.5) is 10.5 Å². The second kappa shape index (κ2) is 10.7. The number of hydrazone groups is 1. The third kappa shape index (κ3) is 4.94. The van der Waals surface area contributed by atoms with Gasteiger partial charge >= 0.3 is 6.03 Å². The molecule has 2 aromatic carbocycles. The third-order valence-electron chi connectivity index (χ3n) is 7.35. The van der Waals surface area contributed by atoms with Gasteiger partial charge in [0.15, 0.2) is 15.7 Å². The van der Waals surface area contributed by atoms with Crippen molar-refractivity contribution in [1.29, 1.82) is 0 Å². The summed E-state index contributed by atoms with van der Waals surface area (Å²) >= 11 is 6.66. The number of para-hydroxylation sites is 1. The highest BCUT2D eigenvalue weighted by Gasteiger charge is 2.40. The van der Waals surface area contributed by atoms with Gasteiger partial charge in [0.1, 0.15) is 6.34 Å². The van der Waals surface area contributed by atoms with Crippen molar-refractivity contribution in [3.63, 3.8) is 0 Å². The molecule has 3 aliphatic heterocycles. The molecule has 212 valence electrons. The molecule has 8 nitrogen and oxygen atoms in total. The number of urea groups is 1. The van der Waals surface area contributed by atoms with Crippen LogP contribution in [-0.4, -0.2) is 59.6 Å². The van der Waals surface area contributed by atoms with Gasteiger partial charge in [0.25, 0.3) is 0 Å². The Morgan fingerprint density at radius 3 is 2.59 bits per heavy atom. The highest BCUT2D eigenvalue weighted by atomic mass is 35.5. The molecule has 11 heteroatoms. The van der Waals surface area contributed by atoms with Crippen LogP contribution >= 0.6 is 22.1 Å². The molecular weight excluding hydrogens is 578 g/mol. The van der Waals surface area contributed by atoms with Gasteiger partial charge in [-0.25, -0.2) is 13.2 Å². The Morgan fingerprint density at radius 2 is 1.88 bits per heavy atom. The number of nitrogens with zero attached hydrogens (tertiary/aromatic N) is 5. The number of rotatable bonds is 6. The van der Waals surface area contributed by atoms with Crippen molar-refractivity contribution in [2.24, 2.45) is 5.10 Å². The molecule has 0 fully saturated rings. The lowest BCUT2D eigenvalue weighted by Crippen LogP contribution is -2.41. The normalized spacial score (nSPS) is 19.3. The standard InChI is InChI=1S/C30H30ClN5O3S2/c1-4-16-33(17-21-12-14-22(15-13-21)41(3,38)39)30(37)36-28-19-34(26-10-6-5-9-25(26)31)18-24-23-8-7-11-27(23)40(2)29(24)35(28)20-32-36/h5-7,9-15,18-20H,4,8,16-17H2,1-3H3. The van der Waals surface area contributed by atoms with Crippen molar-refractivity contribution >= 4 is 55.0 Å². The zero-order valence-corrected chi connectivity index (χ0v) is 25.4. The SMILES string of the molecule is CCCN(Cc1ccc(S(C)(=O)=O)cc1)C(=O)N1N=CN2C1=CN(c1ccccc1Cl)C=C1C3=C(C=CC3)S(C)=C12. The number of carbonyl (C=O) groups is 1. The molecule has 41 heavy (non-hydrogen) atoms. The average Bonchev–Trinajstić information content (AvgIpc) is 3.62. The van der Waals surface area contributed by atoms with E-state index in [2.05, 4.69) is 29.7 Å². The van der Waals surface area contributed by atoms with Crippen LogP contribution < -0.4 is 4.90 Å². The second-order valence-electron chi connectivity index (χ2n) is 10.2. The van der Waals surface area contributed by atoms with Gasteiger partial charge in [-0.1, -0.05) is 54.9 Å². The van der Waals surface area contributed by atoms with Crippen molar-refractivity contribution in [3.05, 3.63) is 106 Å². The number of sulfone groups is 1. The van der Waals surface area contributed by atoms with Crippen LogP contribution in [0.25, 0.3) is 0 Å². The third-order valence-corrected chi connectivity index (χ3v) is 10.8. The summed E-state index contributed by atoms with van der Waals surface area (Å²) in [5, 5.41) is 6.66. The van der Waals surface area contributed by atoms with Gasteiger partial charge in [-0.15, -0.1) is 10.5 Å². The molecule has 2 aromatic rings. The van der Waals surface area contributed by atoms with Crippen molar-refractivity contribution < 1.29 is 13.2 Å². The van der Waals surface area contributed by atoms with Crippen LogP contribution in [0.5, 0.6) is 0 Å². The highest BCUT2D eigenvalue weighted by Crippen LogP contribution is 2.48. The molecular formula is C30H30ClN5O3S2. The summed E-state index contributed by atoms with van der Waals surface area (Å²) in [6.07, 6.45) is 15.2. The highest BCUT2D eigenvalue weighted by molar-refractivity contribution is 8.19. The van der Waals surface area contributed by atoms with Crippen LogP contribution in [0.15, 0.2) is 105 Å². The van der Waals surface area contributed by atoms with E-state index in [-0.39, 0.29) is 21.4 Å². The number of allylic oxidation sites excluding steroid dienone is 2. The Bertz CT molecular complexity index is 1740. The van der Waals surface area contributed by atoms with E-state index in [9.17, 15) is 13.2 Å². The molecule has 4 aliphatic rings. The fraction of sp³-hybridized carbons (Fsp3) is 0.233. The van der Waals surface area contributed by atoms with Crippen LogP contribution in [0.2, 0.25) is 5.02 Å². The summed E-state index contributed by atoms with van der Waals surface area (Å²) in [5.41, 5.74) is 4.06. The molecule has 6 rings (SSSR count). The monoisotopic (exact) mass is 607 g/mol. The van der Waals surface area contributed by atoms with Crippen LogP contribution in [0.3, 0.4) is 0 Å². The van der Waals surface area contributed by atoms with Crippen LogP contribution in [0, 0.1) is 0 Å². The van der Waals surface area contributed by atoms with Gasteiger partial charge in [-0.3, -0.25) is 4.90 Å². The van der Waals surface area contributed by atoms with Crippen molar-refractivity contribution in [2.75, 3.05) is 24.0 Å². The minimum atomic E-state index is -3.30. The Morgan fingerprint density at radius 1 is 1.12 bits per heavy atom. The second-order valence-corrected chi connectivity index (χ2v) is 14.5. The number of benzene rings is 2. The van der Waals surface area contributed by atoms with Crippen molar-refractivity contribution in [3.8, 4) is 0 Å². The molecule has 0 radical (unpaired) electrons. The summed E-state index contributed by atoms with van der Waals surface area (Å²) in [4.78, 5) is 22.5. The first kappa shape index (κ1) is 27.6. The molecule has 0 spiro atoms. The predicted octanol–water partition coefficient (Wildman–Crippen LogP) is 6.10. The Labute approximate surface area is 248 Å². The Hall–Kier alpha value is -3.60. The maximum atomic E-state index is 14.1.